The standard InChI is InChI=1S/C13H16ClN5S/c1-19-17-13(16-18-19)8-15-11-3-2-6-20-12-5-4-9(14)7-10(11)12/h4-5,7,11,15H,2-3,6,8H2,1H3. The minimum atomic E-state index is 0.294. The molecule has 1 aliphatic heterocycles. The Bertz CT molecular complexity index is 600. The van der Waals surface area contributed by atoms with E-state index in [2.05, 4.69) is 32.9 Å². The maximum Gasteiger partial charge on any atom is 0.188 e. The third-order valence-corrected chi connectivity index (χ3v) is 4.71. The molecule has 0 fully saturated rings. The lowest BCUT2D eigenvalue weighted by atomic mass is 10.0. The molecule has 2 aromatic rings. The summed E-state index contributed by atoms with van der Waals surface area (Å²) in [7, 11) is 1.77. The number of thioether (sulfide) groups is 1. The predicted molar refractivity (Wildman–Crippen MR) is 79.8 cm³/mol. The summed E-state index contributed by atoms with van der Waals surface area (Å²) in [6.45, 7) is 0.620. The minimum Gasteiger partial charge on any atom is -0.303 e. The van der Waals surface area contributed by atoms with Crippen molar-refractivity contribution in [1.29, 1.82) is 0 Å². The van der Waals surface area contributed by atoms with Gasteiger partial charge in [-0.2, -0.15) is 4.80 Å². The van der Waals surface area contributed by atoms with Gasteiger partial charge in [-0.25, -0.2) is 0 Å². The highest BCUT2D eigenvalue weighted by atomic mass is 35.5. The molecule has 0 spiro atoms. The van der Waals surface area contributed by atoms with Gasteiger partial charge in [0.1, 0.15) is 0 Å². The van der Waals surface area contributed by atoms with Crippen molar-refractivity contribution >= 4 is 23.4 Å². The topological polar surface area (TPSA) is 55.6 Å². The molecule has 1 aromatic carbocycles. The van der Waals surface area contributed by atoms with E-state index in [0.29, 0.717) is 18.4 Å². The summed E-state index contributed by atoms with van der Waals surface area (Å²) in [6, 6.07) is 6.43. The number of rotatable bonds is 3. The fourth-order valence-electron chi connectivity index (χ4n) is 2.37. The smallest absolute Gasteiger partial charge is 0.188 e. The quantitative estimate of drug-likeness (QED) is 0.944. The normalized spacial score (nSPS) is 18.6. The Morgan fingerprint density at radius 1 is 1.50 bits per heavy atom. The highest BCUT2D eigenvalue weighted by Crippen LogP contribution is 2.36. The number of tetrazole rings is 1. The van der Waals surface area contributed by atoms with Crippen LogP contribution in [0.1, 0.15) is 30.3 Å². The Kier molecular flexibility index (Phi) is 4.24. The molecule has 1 N–H and O–H groups in total. The zero-order valence-corrected chi connectivity index (χ0v) is 12.8. The van der Waals surface area contributed by atoms with Gasteiger partial charge in [-0.1, -0.05) is 11.6 Å². The van der Waals surface area contributed by atoms with Gasteiger partial charge in [0.25, 0.3) is 0 Å². The van der Waals surface area contributed by atoms with Crippen molar-refractivity contribution in [2.75, 3.05) is 5.75 Å². The molecule has 0 saturated heterocycles. The van der Waals surface area contributed by atoms with Crippen LogP contribution in [-0.4, -0.2) is 26.0 Å². The first-order chi connectivity index (χ1) is 9.72. The Morgan fingerprint density at radius 2 is 2.40 bits per heavy atom. The molecule has 7 heteroatoms. The van der Waals surface area contributed by atoms with Gasteiger partial charge >= 0.3 is 0 Å². The Labute approximate surface area is 127 Å². The minimum absolute atomic E-state index is 0.294. The lowest BCUT2D eigenvalue weighted by molar-refractivity contribution is 0.483. The molecule has 106 valence electrons. The lowest BCUT2D eigenvalue weighted by Crippen LogP contribution is -2.21. The average molecular weight is 310 g/mol. The summed E-state index contributed by atoms with van der Waals surface area (Å²) in [5.74, 6) is 1.86. The molecule has 5 nitrogen and oxygen atoms in total. The molecule has 1 atom stereocenters. The number of benzene rings is 1. The zero-order chi connectivity index (χ0) is 13.9. The predicted octanol–water partition coefficient (Wildman–Crippen LogP) is 2.58. The van der Waals surface area contributed by atoms with Crippen LogP contribution in [0.25, 0.3) is 0 Å². The maximum absolute atomic E-state index is 6.14. The molecule has 0 saturated carbocycles. The van der Waals surface area contributed by atoms with E-state index in [1.165, 1.54) is 21.7 Å². The highest BCUT2D eigenvalue weighted by molar-refractivity contribution is 7.99. The molecule has 3 rings (SSSR count). The van der Waals surface area contributed by atoms with Crippen molar-refractivity contribution in [3.05, 3.63) is 34.6 Å². The van der Waals surface area contributed by atoms with E-state index in [4.69, 9.17) is 11.6 Å². The second kappa shape index (κ2) is 6.11. The fraction of sp³-hybridized carbons (Fsp3) is 0.462. The van der Waals surface area contributed by atoms with Gasteiger partial charge in [-0.05, 0) is 47.6 Å². The van der Waals surface area contributed by atoms with Crippen LogP contribution in [-0.2, 0) is 13.6 Å². The molecule has 20 heavy (non-hydrogen) atoms. The van der Waals surface area contributed by atoms with Gasteiger partial charge in [-0.15, -0.1) is 22.0 Å². The molecule has 0 aliphatic carbocycles. The van der Waals surface area contributed by atoms with Crippen LogP contribution < -0.4 is 5.32 Å². The first-order valence-electron chi connectivity index (χ1n) is 6.61. The van der Waals surface area contributed by atoms with E-state index < -0.39 is 0 Å². The van der Waals surface area contributed by atoms with Crippen molar-refractivity contribution in [3.8, 4) is 0 Å². The molecule has 2 heterocycles. The third-order valence-electron chi connectivity index (χ3n) is 3.30. The van der Waals surface area contributed by atoms with E-state index in [-0.39, 0.29) is 0 Å². The number of aromatic nitrogens is 4. The molecule has 0 amide bonds. The second-order valence-corrected chi connectivity index (χ2v) is 6.37. The molecular weight excluding hydrogens is 294 g/mol. The van der Waals surface area contributed by atoms with Gasteiger partial charge in [-0.3, -0.25) is 0 Å². The number of hydrogen-bond acceptors (Lipinski definition) is 5. The largest absolute Gasteiger partial charge is 0.303 e. The van der Waals surface area contributed by atoms with E-state index in [1.807, 2.05) is 17.8 Å². The van der Waals surface area contributed by atoms with Gasteiger partial charge in [0.15, 0.2) is 5.82 Å². The van der Waals surface area contributed by atoms with Crippen LogP contribution in [0, 0.1) is 0 Å². The van der Waals surface area contributed by atoms with Crippen LogP contribution >= 0.6 is 23.4 Å². The van der Waals surface area contributed by atoms with Crippen LogP contribution in [0.2, 0.25) is 5.02 Å². The molecule has 1 unspecified atom stereocenters. The van der Waals surface area contributed by atoms with Crippen LogP contribution in [0.15, 0.2) is 23.1 Å². The van der Waals surface area contributed by atoms with Crippen LogP contribution in [0.4, 0.5) is 0 Å². The fourth-order valence-corrected chi connectivity index (χ4v) is 3.61. The SMILES string of the molecule is Cn1nnc(CNC2CCCSc3ccc(Cl)cc32)n1. The number of nitrogens with zero attached hydrogens (tertiary/aromatic N) is 4. The van der Waals surface area contributed by atoms with Crippen LogP contribution in [0.5, 0.6) is 0 Å². The first kappa shape index (κ1) is 13.9. The van der Waals surface area contributed by atoms with Crippen molar-refractivity contribution in [2.45, 2.75) is 30.3 Å². The maximum atomic E-state index is 6.14. The van der Waals surface area contributed by atoms with Crippen molar-refractivity contribution in [3.63, 3.8) is 0 Å². The zero-order valence-electron chi connectivity index (χ0n) is 11.2. The Balaban J connectivity index is 1.77. The molecule has 1 aliphatic rings. The number of aryl methyl sites for hydroxylation is 1. The Hall–Kier alpha value is -1.11. The average Bonchev–Trinajstić information content (AvgIpc) is 2.74. The summed E-state index contributed by atoms with van der Waals surface area (Å²) in [5, 5.41) is 16.4. The van der Waals surface area contributed by atoms with E-state index >= 15 is 0 Å². The number of nitrogens with one attached hydrogen (secondary N) is 1. The van der Waals surface area contributed by atoms with Crippen LogP contribution in [0.3, 0.4) is 0 Å². The number of fused-ring (bicyclic) bond motifs is 1. The Morgan fingerprint density at radius 3 is 3.20 bits per heavy atom. The highest BCUT2D eigenvalue weighted by Gasteiger charge is 2.19. The van der Waals surface area contributed by atoms with Gasteiger partial charge in [0.2, 0.25) is 0 Å². The monoisotopic (exact) mass is 309 g/mol. The molecular formula is C13H16ClN5S. The summed E-state index contributed by atoms with van der Waals surface area (Å²) < 4.78 is 0. The number of hydrogen-bond donors (Lipinski definition) is 1. The number of halogens is 1. The van der Waals surface area contributed by atoms with E-state index in [9.17, 15) is 0 Å². The second-order valence-electron chi connectivity index (χ2n) is 4.80. The van der Waals surface area contributed by atoms with Crippen molar-refractivity contribution in [1.82, 2.24) is 25.5 Å². The summed E-state index contributed by atoms with van der Waals surface area (Å²) >= 11 is 8.04. The third kappa shape index (κ3) is 3.13. The summed E-state index contributed by atoms with van der Waals surface area (Å²) in [5.41, 5.74) is 1.28. The van der Waals surface area contributed by atoms with Gasteiger partial charge in [0, 0.05) is 16.0 Å². The van der Waals surface area contributed by atoms with E-state index in [1.54, 1.807) is 7.05 Å². The van der Waals surface area contributed by atoms with Crippen molar-refractivity contribution < 1.29 is 0 Å². The summed E-state index contributed by atoms with van der Waals surface area (Å²) in [4.78, 5) is 2.79. The molecule has 0 radical (unpaired) electrons. The van der Waals surface area contributed by atoms with Gasteiger partial charge < -0.3 is 5.32 Å². The first-order valence-corrected chi connectivity index (χ1v) is 7.97. The summed E-state index contributed by atoms with van der Waals surface area (Å²) in [6.07, 6.45) is 2.28. The molecule has 1 aromatic heterocycles. The van der Waals surface area contributed by atoms with Gasteiger partial charge in [0.05, 0.1) is 13.6 Å². The van der Waals surface area contributed by atoms with E-state index in [0.717, 1.165) is 17.2 Å². The molecule has 0 bridgehead atoms. The lowest BCUT2D eigenvalue weighted by Gasteiger charge is -2.18. The van der Waals surface area contributed by atoms with Crippen molar-refractivity contribution in [2.24, 2.45) is 7.05 Å².